The van der Waals surface area contributed by atoms with Crippen LogP contribution < -0.4 is 4.74 Å². The van der Waals surface area contributed by atoms with E-state index in [9.17, 15) is 14.9 Å². The number of carbonyl (C=O) groups is 1. The second-order valence-corrected chi connectivity index (χ2v) is 4.25. The summed E-state index contributed by atoms with van der Waals surface area (Å²) in [6.07, 6.45) is 3.19. The molecular weight excluding hydrogens is 318 g/mol. The Morgan fingerprint density at radius 3 is 2.58 bits per heavy atom. The summed E-state index contributed by atoms with van der Waals surface area (Å²) in [5, 5.41) is 10.7. The number of aromatic nitrogens is 2. The molecule has 8 heteroatoms. The van der Waals surface area contributed by atoms with Gasteiger partial charge in [-0.1, -0.05) is 0 Å². The van der Waals surface area contributed by atoms with Gasteiger partial charge in [-0.3, -0.25) is 14.9 Å². The van der Waals surface area contributed by atoms with Crippen LogP contribution in [-0.4, -0.2) is 21.2 Å². The van der Waals surface area contributed by atoms with Gasteiger partial charge in [-0.25, -0.2) is 9.97 Å². The Balaban J connectivity index is 2.28. The van der Waals surface area contributed by atoms with Crippen molar-refractivity contribution in [3.05, 3.63) is 50.7 Å². The lowest BCUT2D eigenvalue weighted by Gasteiger charge is -2.05. The molecule has 0 unspecified atom stereocenters. The van der Waals surface area contributed by atoms with Gasteiger partial charge in [0.05, 0.1) is 21.0 Å². The van der Waals surface area contributed by atoms with Crippen LogP contribution in [0.1, 0.15) is 10.4 Å². The van der Waals surface area contributed by atoms with Crippen LogP contribution in [0.5, 0.6) is 11.8 Å². The molecule has 0 spiro atoms. The van der Waals surface area contributed by atoms with Crippen molar-refractivity contribution in [2.24, 2.45) is 0 Å². The first-order valence-electron chi connectivity index (χ1n) is 4.99. The predicted octanol–water partition coefficient (Wildman–Crippen LogP) is 2.75. The highest BCUT2D eigenvalue weighted by Gasteiger charge is 2.12. The number of nitro groups is 1. The van der Waals surface area contributed by atoms with Crippen molar-refractivity contribution in [2.75, 3.05) is 0 Å². The molecule has 0 bridgehead atoms. The lowest BCUT2D eigenvalue weighted by molar-refractivity contribution is -0.384. The maximum absolute atomic E-state index is 10.7. The molecule has 0 saturated heterocycles. The maximum Gasteiger partial charge on any atom is 0.321 e. The van der Waals surface area contributed by atoms with E-state index in [1.165, 1.54) is 30.6 Å². The standard InChI is InChI=1S/C11H6BrN3O4/c12-9-2-1-8(15(17)18)3-10(9)19-11-13-4-7(6-16)5-14-11/h1-6H. The van der Waals surface area contributed by atoms with E-state index in [4.69, 9.17) is 4.74 Å². The topological polar surface area (TPSA) is 95.2 Å². The quantitative estimate of drug-likeness (QED) is 0.487. The van der Waals surface area contributed by atoms with E-state index in [-0.39, 0.29) is 17.4 Å². The summed E-state index contributed by atoms with van der Waals surface area (Å²) in [7, 11) is 0. The number of hydrogen-bond acceptors (Lipinski definition) is 6. The molecular formula is C11H6BrN3O4. The van der Waals surface area contributed by atoms with Crippen LogP contribution in [0.25, 0.3) is 0 Å². The van der Waals surface area contributed by atoms with Gasteiger partial charge in [0.25, 0.3) is 5.69 Å². The molecule has 0 fully saturated rings. The van der Waals surface area contributed by atoms with Crippen molar-refractivity contribution in [3.63, 3.8) is 0 Å². The fourth-order valence-electron chi connectivity index (χ4n) is 1.22. The third-order valence-corrected chi connectivity index (χ3v) is 2.77. The van der Waals surface area contributed by atoms with Crippen LogP contribution >= 0.6 is 15.9 Å². The van der Waals surface area contributed by atoms with Crippen molar-refractivity contribution in [1.82, 2.24) is 9.97 Å². The zero-order chi connectivity index (χ0) is 13.8. The number of nitrogens with zero attached hydrogens (tertiary/aromatic N) is 3. The monoisotopic (exact) mass is 323 g/mol. The average molecular weight is 324 g/mol. The van der Waals surface area contributed by atoms with E-state index in [1.807, 2.05) is 0 Å². The fourth-order valence-corrected chi connectivity index (χ4v) is 1.55. The average Bonchev–Trinajstić information content (AvgIpc) is 2.42. The van der Waals surface area contributed by atoms with Crippen LogP contribution in [-0.2, 0) is 0 Å². The van der Waals surface area contributed by atoms with Gasteiger partial charge in [-0.2, -0.15) is 0 Å². The summed E-state index contributed by atoms with van der Waals surface area (Å²) >= 11 is 3.21. The third kappa shape index (κ3) is 3.10. The largest absolute Gasteiger partial charge is 0.423 e. The molecule has 0 amide bonds. The Labute approximate surface area is 115 Å². The summed E-state index contributed by atoms with van der Waals surface area (Å²) in [5.74, 6) is 0.216. The summed E-state index contributed by atoms with van der Waals surface area (Å²) in [5.41, 5.74) is 0.202. The molecule has 2 aromatic rings. The molecule has 0 atom stereocenters. The summed E-state index contributed by atoms with van der Waals surface area (Å²) in [4.78, 5) is 28.2. The second-order valence-electron chi connectivity index (χ2n) is 3.39. The number of nitro benzene ring substituents is 1. The first kappa shape index (κ1) is 13.1. The Morgan fingerprint density at radius 2 is 2.00 bits per heavy atom. The smallest absolute Gasteiger partial charge is 0.321 e. The lowest BCUT2D eigenvalue weighted by Crippen LogP contribution is -1.95. The summed E-state index contributed by atoms with van der Waals surface area (Å²) in [6.45, 7) is 0. The van der Waals surface area contributed by atoms with Crippen molar-refractivity contribution in [2.45, 2.75) is 0 Å². The summed E-state index contributed by atoms with van der Waals surface area (Å²) < 4.78 is 5.84. The molecule has 0 aliphatic carbocycles. The van der Waals surface area contributed by atoms with E-state index in [0.29, 0.717) is 16.3 Å². The zero-order valence-corrected chi connectivity index (χ0v) is 10.9. The van der Waals surface area contributed by atoms with Crippen LogP contribution in [0.15, 0.2) is 35.1 Å². The van der Waals surface area contributed by atoms with Gasteiger partial charge >= 0.3 is 6.01 Å². The fraction of sp³-hybridized carbons (Fsp3) is 0. The Hall–Kier alpha value is -2.35. The number of ether oxygens (including phenoxy) is 1. The van der Waals surface area contributed by atoms with Gasteiger partial charge in [0, 0.05) is 18.5 Å². The number of aldehydes is 1. The van der Waals surface area contributed by atoms with Crippen LogP contribution in [0.2, 0.25) is 0 Å². The Bertz CT molecular complexity index is 630. The van der Waals surface area contributed by atoms with Crippen LogP contribution in [0.3, 0.4) is 0 Å². The molecule has 1 heterocycles. The maximum atomic E-state index is 10.7. The highest BCUT2D eigenvalue weighted by Crippen LogP contribution is 2.31. The van der Waals surface area contributed by atoms with Crippen molar-refractivity contribution >= 4 is 27.9 Å². The second kappa shape index (κ2) is 5.53. The Morgan fingerprint density at radius 1 is 1.32 bits per heavy atom. The minimum Gasteiger partial charge on any atom is -0.423 e. The van der Waals surface area contributed by atoms with Crippen molar-refractivity contribution in [1.29, 1.82) is 0 Å². The van der Waals surface area contributed by atoms with Gasteiger partial charge in [-0.15, -0.1) is 0 Å². The van der Waals surface area contributed by atoms with Crippen molar-refractivity contribution in [3.8, 4) is 11.8 Å². The zero-order valence-electron chi connectivity index (χ0n) is 9.32. The lowest BCUT2D eigenvalue weighted by atomic mass is 10.3. The van der Waals surface area contributed by atoms with Crippen molar-refractivity contribution < 1.29 is 14.5 Å². The molecule has 2 rings (SSSR count). The van der Waals surface area contributed by atoms with E-state index < -0.39 is 4.92 Å². The van der Waals surface area contributed by atoms with Gasteiger partial charge < -0.3 is 4.74 Å². The third-order valence-electron chi connectivity index (χ3n) is 2.11. The normalized spacial score (nSPS) is 9.95. The van der Waals surface area contributed by atoms with Gasteiger partial charge in [-0.05, 0) is 22.0 Å². The molecule has 1 aromatic heterocycles. The first-order chi connectivity index (χ1) is 9.10. The molecule has 96 valence electrons. The molecule has 0 aliphatic heterocycles. The van der Waals surface area contributed by atoms with Gasteiger partial charge in [0.1, 0.15) is 0 Å². The van der Waals surface area contributed by atoms with E-state index in [0.717, 1.165) is 0 Å². The number of non-ortho nitro benzene ring substituents is 1. The number of hydrogen-bond donors (Lipinski definition) is 0. The number of rotatable bonds is 4. The first-order valence-corrected chi connectivity index (χ1v) is 5.78. The Kier molecular flexibility index (Phi) is 3.81. The van der Waals surface area contributed by atoms with Crippen LogP contribution in [0, 0.1) is 10.1 Å². The molecule has 0 radical (unpaired) electrons. The van der Waals surface area contributed by atoms with E-state index in [1.54, 1.807) is 0 Å². The minimum atomic E-state index is -0.532. The highest BCUT2D eigenvalue weighted by molar-refractivity contribution is 9.10. The minimum absolute atomic E-state index is 0.00759. The number of halogens is 1. The van der Waals surface area contributed by atoms with Gasteiger partial charge in [0.15, 0.2) is 12.0 Å². The number of benzene rings is 1. The molecule has 0 N–H and O–H groups in total. The summed E-state index contributed by atoms with van der Waals surface area (Å²) in [6, 6.07) is 4.08. The SMILES string of the molecule is O=Cc1cnc(Oc2cc([N+](=O)[O-])ccc2Br)nc1. The predicted molar refractivity (Wildman–Crippen MR) is 68.3 cm³/mol. The molecule has 0 aliphatic rings. The van der Waals surface area contributed by atoms with Crippen LogP contribution in [0.4, 0.5) is 5.69 Å². The van der Waals surface area contributed by atoms with Gasteiger partial charge in [0.2, 0.25) is 0 Å². The molecule has 19 heavy (non-hydrogen) atoms. The molecule has 0 saturated carbocycles. The van der Waals surface area contributed by atoms with E-state index >= 15 is 0 Å². The number of carbonyl (C=O) groups excluding carboxylic acids is 1. The molecule has 1 aromatic carbocycles. The highest BCUT2D eigenvalue weighted by atomic mass is 79.9. The van der Waals surface area contributed by atoms with E-state index in [2.05, 4.69) is 25.9 Å². The molecule has 7 nitrogen and oxygen atoms in total.